The fraction of sp³-hybridized carbons (Fsp3) is 0.455. The average Bonchev–Trinajstić information content (AvgIpc) is 2.74. The average molecular weight is 204 g/mol. The van der Waals surface area contributed by atoms with E-state index in [0.717, 1.165) is 36.5 Å². The molecular formula is C11H12N2O2. The topological polar surface area (TPSA) is 48.0 Å². The van der Waals surface area contributed by atoms with Crippen molar-refractivity contribution in [3.8, 4) is 0 Å². The van der Waals surface area contributed by atoms with E-state index >= 15 is 0 Å². The normalized spacial score (nSPS) is 14.8. The molecule has 0 aliphatic carbocycles. The van der Waals surface area contributed by atoms with E-state index in [0.29, 0.717) is 11.1 Å². The number of rotatable bonds is 0. The Hall–Kier alpha value is -1.58. The molecule has 0 amide bonds. The van der Waals surface area contributed by atoms with Crippen molar-refractivity contribution in [3.05, 3.63) is 27.5 Å². The van der Waals surface area contributed by atoms with Gasteiger partial charge in [-0.2, -0.15) is 4.98 Å². The summed E-state index contributed by atoms with van der Waals surface area (Å²) < 4.78 is 7.25. The molecule has 4 heteroatoms. The van der Waals surface area contributed by atoms with Crippen LogP contribution < -0.4 is 5.56 Å². The maximum Gasteiger partial charge on any atom is 0.265 e. The largest absolute Gasteiger partial charge is 0.443 e. The highest BCUT2D eigenvalue weighted by Gasteiger charge is 2.20. The minimum Gasteiger partial charge on any atom is -0.443 e. The van der Waals surface area contributed by atoms with Gasteiger partial charge in [-0.1, -0.05) is 0 Å². The first-order valence-electron chi connectivity index (χ1n) is 5.18. The maximum absolute atomic E-state index is 12.1. The van der Waals surface area contributed by atoms with Crippen LogP contribution in [0.1, 0.15) is 23.6 Å². The Morgan fingerprint density at radius 1 is 1.40 bits per heavy atom. The van der Waals surface area contributed by atoms with E-state index in [1.54, 1.807) is 4.57 Å². The second-order valence-electron chi connectivity index (χ2n) is 4.05. The van der Waals surface area contributed by atoms with Crippen LogP contribution in [0.25, 0.3) is 11.1 Å². The van der Waals surface area contributed by atoms with Gasteiger partial charge in [-0.05, 0) is 20.3 Å². The monoisotopic (exact) mass is 204 g/mol. The highest BCUT2D eigenvalue weighted by atomic mass is 16.3. The second kappa shape index (κ2) is 2.72. The lowest BCUT2D eigenvalue weighted by Crippen LogP contribution is -2.20. The molecule has 0 saturated carbocycles. The van der Waals surface area contributed by atoms with Crippen LogP contribution in [-0.2, 0) is 13.0 Å². The molecule has 1 aliphatic heterocycles. The molecule has 0 radical (unpaired) electrons. The molecule has 0 bridgehead atoms. The van der Waals surface area contributed by atoms with Crippen LogP contribution >= 0.6 is 0 Å². The molecule has 0 unspecified atom stereocenters. The summed E-state index contributed by atoms with van der Waals surface area (Å²) in [7, 11) is 0. The maximum atomic E-state index is 12.1. The van der Waals surface area contributed by atoms with E-state index in [2.05, 4.69) is 4.98 Å². The van der Waals surface area contributed by atoms with Gasteiger partial charge in [-0.3, -0.25) is 9.36 Å². The Balaban J connectivity index is 2.52. The molecule has 3 heterocycles. The lowest BCUT2D eigenvalue weighted by molar-refractivity contribution is 0.560. The van der Waals surface area contributed by atoms with Crippen LogP contribution in [-0.4, -0.2) is 9.55 Å². The fourth-order valence-electron chi connectivity index (χ4n) is 2.19. The van der Waals surface area contributed by atoms with Crippen molar-refractivity contribution in [1.82, 2.24) is 9.55 Å². The number of furan rings is 1. The Kier molecular flexibility index (Phi) is 1.58. The van der Waals surface area contributed by atoms with E-state index in [1.807, 2.05) is 13.8 Å². The molecule has 2 aromatic heterocycles. The van der Waals surface area contributed by atoms with Crippen LogP contribution in [0.3, 0.4) is 0 Å². The zero-order valence-electron chi connectivity index (χ0n) is 8.83. The lowest BCUT2D eigenvalue weighted by Gasteiger charge is -2.00. The molecule has 78 valence electrons. The first kappa shape index (κ1) is 8.71. The summed E-state index contributed by atoms with van der Waals surface area (Å²) in [5, 5.41) is 0.651. The van der Waals surface area contributed by atoms with Crippen molar-refractivity contribution in [3.63, 3.8) is 0 Å². The van der Waals surface area contributed by atoms with Crippen LogP contribution in [0.4, 0.5) is 0 Å². The summed E-state index contributed by atoms with van der Waals surface area (Å²) in [6, 6.07) is 0. The Labute approximate surface area is 86.5 Å². The van der Waals surface area contributed by atoms with Crippen molar-refractivity contribution < 1.29 is 4.42 Å². The van der Waals surface area contributed by atoms with E-state index in [1.165, 1.54) is 0 Å². The zero-order valence-corrected chi connectivity index (χ0v) is 8.83. The molecule has 0 N–H and O–H groups in total. The Bertz CT molecular complexity index is 607. The van der Waals surface area contributed by atoms with Crippen LogP contribution in [0.2, 0.25) is 0 Å². The van der Waals surface area contributed by atoms with Gasteiger partial charge < -0.3 is 4.42 Å². The number of aromatic nitrogens is 2. The molecule has 0 spiro atoms. The van der Waals surface area contributed by atoms with Crippen LogP contribution in [0.5, 0.6) is 0 Å². The minimum absolute atomic E-state index is 0.0573. The summed E-state index contributed by atoms with van der Waals surface area (Å²) in [5.74, 6) is 1.65. The van der Waals surface area contributed by atoms with Crippen molar-refractivity contribution >= 4 is 11.1 Å². The van der Waals surface area contributed by atoms with Gasteiger partial charge in [0.15, 0.2) is 0 Å². The molecule has 3 rings (SSSR count). The van der Waals surface area contributed by atoms with Gasteiger partial charge in [0, 0.05) is 18.5 Å². The fourth-order valence-corrected chi connectivity index (χ4v) is 2.19. The summed E-state index contributed by atoms with van der Waals surface area (Å²) >= 11 is 0. The van der Waals surface area contributed by atoms with Crippen molar-refractivity contribution in [1.29, 1.82) is 0 Å². The van der Waals surface area contributed by atoms with Gasteiger partial charge in [-0.25, -0.2) is 0 Å². The van der Waals surface area contributed by atoms with Crippen molar-refractivity contribution in [2.45, 2.75) is 33.2 Å². The van der Waals surface area contributed by atoms with Gasteiger partial charge in [0.2, 0.25) is 5.71 Å². The SMILES string of the molecule is Cc1oc2nc3n(c(=O)c2c1C)CCC3. The predicted octanol–water partition coefficient (Wildman–Crippen LogP) is 1.55. The van der Waals surface area contributed by atoms with E-state index in [-0.39, 0.29) is 5.56 Å². The molecular weight excluding hydrogens is 192 g/mol. The zero-order chi connectivity index (χ0) is 10.6. The summed E-state index contributed by atoms with van der Waals surface area (Å²) in [6.07, 6.45) is 1.89. The molecule has 15 heavy (non-hydrogen) atoms. The van der Waals surface area contributed by atoms with Gasteiger partial charge in [0.25, 0.3) is 5.56 Å². The van der Waals surface area contributed by atoms with Crippen LogP contribution in [0.15, 0.2) is 9.21 Å². The number of aryl methyl sites for hydroxylation is 3. The minimum atomic E-state index is 0.0573. The van der Waals surface area contributed by atoms with Gasteiger partial charge >= 0.3 is 0 Å². The van der Waals surface area contributed by atoms with Gasteiger partial charge in [0.05, 0.1) is 0 Å². The molecule has 0 saturated heterocycles. The Morgan fingerprint density at radius 2 is 2.20 bits per heavy atom. The molecule has 4 nitrogen and oxygen atoms in total. The standard InChI is InChI=1S/C11H12N2O2/c1-6-7(2)15-10-9(6)11(14)13-5-3-4-8(13)12-10/h3-5H2,1-2H3. The number of fused-ring (bicyclic) bond motifs is 2. The number of hydrogen-bond acceptors (Lipinski definition) is 3. The van der Waals surface area contributed by atoms with E-state index in [4.69, 9.17) is 4.42 Å². The first-order chi connectivity index (χ1) is 7.18. The van der Waals surface area contributed by atoms with Gasteiger partial charge in [0.1, 0.15) is 17.0 Å². The lowest BCUT2D eigenvalue weighted by atomic mass is 10.2. The quantitative estimate of drug-likeness (QED) is 0.654. The number of hydrogen-bond donors (Lipinski definition) is 0. The molecule has 1 aliphatic rings. The highest BCUT2D eigenvalue weighted by Crippen LogP contribution is 2.22. The third-order valence-corrected chi connectivity index (χ3v) is 3.15. The summed E-state index contributed by atoms with van der Waals surface area (Å²) in [6.45, 7) is 4.57. The molecule has 2 aromatic rings. The highest BCUT2D eigenvalue weighted by molar-refractivity contribution is 5.77. The molecule has 0 fully saturated rings. The van der Waals surface area contributed by atoms with Crippen molar-refractivity contribution in [2.75, 3.05) is 0 Å². The van der Waals surface area contributed by atoms with E-state index in [9.17, 15) is 4.79 Å². The summed E-state index contributed by atoms with van der Waals surface area (Å²) in [5.41, 5.74) is 1.48. The predicted molar refractivity (Wildman–Crippen MR) is 56.1 cm³/mol. The first-order valence-corrected chi connectivity index (χ1v) is 5.18. The molecule has 0 aromatic carbocycles. The smallest absolute Gasteiger partial charge is 0.265 e. The second-order valence-corrected chi connectivity index (χ2v) is 4.05. The van der Waals surface area contributed by atoms with Gasteiger partial charge in [-0.15, -0.1) is 0 Å². The van der Waals surface area contributed by atoms with E-state index < -0.39 is 0 Å². The third kappa shape index (κ3) is 1.02. The number of nitrogens with zero attached hydrogens (tertiary/aromatic N) is 2. The van der Waals surface area contributed by atoms with Crippen molar-refractivity contribution in [2.24, 2.45) is 0 Å². The molecule has 0 atom stereocenters. The third-order valence-electron chi connectivity index (χ3n) is 3.15. The Morgan fingerprint density at radius 3 is 3.00 bits per heavy atom. The van der Waals surface area contributed by atoms with Crippen LogP contribution in [0, 0.1) is 13.8 Å². The summed E-state index contributed by atoms with van der Waals surface area (Å²) in [4.78, 5) is 16.5.